The molecule has 2 heterocycles. The molecule has 0 aliphatic carbocycles. The number of hydrogen-bond donors (Lipinski definition) is 1. The predicted octanol–water partition coefficient (Wildman–Crippen LogP) is 3.25. The molecule has 6 heteroatoms. The van der Waals surface area contributed by atoms with Crippen molar-refractivity contribution in [3.63, 3.8) is 0 Å². The minimum Gasteiger partial charge on any atom is -0.487 e. The number of rotatable bonds is 3. The van der Waals surface area contributed by atoms with Crippen LogP contribution in [0.4, 0.5) is 5.69 Å². The molecule has 0 bridgehead atoms. The molecule has 0 unspecified atom stereocenters. The zero-order chi connectivity index (χ0) is 16.8. The monoisotopic (exact) mass is 346 g/mol. The highest BCUT2D eigenvalue weighted by Crippen LogP contribution is 2.19. The molecule has 2 aliphatic heterocycles. The summed E-state index contributed by atoms with van der Waals surface area (Å²) in [6, 6.07) is 7.07. The van der Waals surface area contributed by atoms with Crippen molar-refractivity contribution in [1.82, 2.24) is 4.90 Å². The van der Waals surface area contributed by atoms with Gasteiger partial charge in [-0.3, -0.25) is 9.59 Å². The van der Waals surface area contributed by atoms with Gasteiger partial charge in [-0.25, -0.2) is 0 Å². The van der Waals surface area contributed by atoms with Gasteiger partial charge in [0.1, 0.15) is 0 Å². The first-order valence-electron chi connectivity index (χ1n) is 8.39. The molecule has 1 aromatic rings. The van der Waals surface area contributed by atoms with E-state index < -0.39 is 0 Å². The number of carbonyl (C=O) groups excluding carboxylic acids is 2. The first kappa shape index (κ1) is 16.9. The highest BCUT2D eigenvalue weighted by Gasteiger charge is 2.18. The maximum atomic E-state index is 12.5. The largest absolute Gasteiger partial charge is 0.487 e. The molecule has 0 aromatic heterocycles. The Balaban J connectivity index is 1.61. The van der Waals surface area contributed by atoms with Gasteiger partial charge in [-0.2, -0.15) is 0 Å². The quantitative estimate of drug-likeness (QED) is 0.913. The third kappa shape index (κ3) is 4.32. The topological polar surface area (TPSA) is 58.6 Å². The number of carbonyl (C=O) groups is 2. The lowest BCUT2D eigenvalue weighted by atomic mass is 10.1. The average Bonchev–Trinajstić information content (AvgIpc) is 2.92. The molecule has 5 nitrogen and oxygen atoms in total. The number of thioether (sulfide) groups is 1. The Morgan fingerprint density at radius 1 is 1.04 bits per heavy atom. The molecule has 24 heavy (non-hydrogen) atoms. The van der Waals surface area contributed by atoms with Gasteiger partial charge in [0.2, 0.25) is 0 Å². The highest BCUT2D eigenvalue weighted by atomic mass is 32.2. The Hall–Kier alpha value is -1.95. The Kier molecular flexibility index (Phi) is 5.80. The maximum absolute atomic E-state index is 12.5. The second-order valence-corrected chi connectivity index (χ2v) is 6.92. The highest BCUT2D eigenvalue weighted by molar-refractivity contribution is 8.02. The molecule has 2 aliphatic rings. The number of hydrogen-bond acceptors (Lipinski definition) is 4. The Morgan fingerprint density at radius 3 is 2.38 bits per heavy atom. The number of benzene rings is 1. The molecule has 0 spiro atoms. The minimum absolute atomic E-state index is 0.0736. The van der Waals surface area contributed by atoms with Gasteiger partial charge < -0.3 is 15.0 Å². The van der Waals surface area contributed by atoms with Gasteiger partial charge >= 0.3 is 0 Å². The van der Waals surface area contributed by atoms with Crippen LogP contribution in [0.15, 0.2) is 35.4 Å². The van der Waals surface area contributed by atoms with Crippen molar-refractivity contribution in [3.05, 3.63) is 41.0 Å². The van der Waals surface area contributed by atoms with Crippen LogP contribution in [-0.4, -0.2) is 42.2 Å². The summed E-state index contributed by atoms with van der Waals surface area (Å²) in [4.78, 5) is 26.5. The molecular weight excluding hydrogens is 324 g/mol. The van der Waals surface area contributed by atoms with Gasteiger partial charge in [0.25, 0.3) is 11.8 Å². The number of nitrogens with zero attached hydrogens (tertiary/aromatic N) is 1. The summed E-state index contributed by atoms with van der Waals surface area (Å²) in [7, 11) is 0. The summed E-state index contributed by atoms with van der Waals surface area (Å²) < 4.78 is 5.33. The Labute approximate surface area is 146 Å². The molecule has 0 atom stereocenters. The fraction of sp³-hybridized carbons (Fsp3) is 0.444. The molecular formula is C18H22N2O3S. The summed E-state index contributed by atoms with van der Waals surface area (Å²) in [5.41, 5.74) is 1.33. The standard InChI is InChI=1S/C18H22N2O3S/c21-17(16-13-24-12-11-23-16)19-15-7-5-14(6-8-15)18(22)20-9-3-1-2-4-10-20/h5-8,13H,1-4,9-12H2,(H,19,21). The first-order valence-corrected chi connectivity index (χ1v) is 9.44. The van der Waals surface area contributed by atoms with Crippen molar-refractivity contribution in [2.45, 2.75) is 25.7 Å². The number of ether oxygens (including phenoxy) is 1. The molecule has 2 amide bonds. The third-order valence-electron chi connectivity index (χ3n) is 4.16. The number of likely N-dealkylation sites (tertiary alicyclic amines) is 1. The summed E-state index contributed by atoms with van der Waals surface area (Å²) in [6.07, 6.45) is 4.55. The molecule has 0 saturated carbocycles. The Morgan fingerprint density at radius 2 is 1.75 bits per heavy atom. The van der Waals surface area contributed by atoms with E-state index in [-0.39, 0.29) is 11.8 Å². The van der Waals surface area contributed by atoms with Gasteiger partial charge in [-0.15, -0.1) is 11.8 Å². The van der Waals surface area contributed by atoms with E-state index in [1.54, 1.807) is 41.4 Å². The van der Waals surface area contributed by atoms with Crippen molar-refractivity contribution >= 4 is 29.3 Å². The van der Waals surface area contributed by atoms with Gasteiger partial charge in [0, 0.05) is 35.5 Å². The van der Waals surface area contributed by atoms with Crippen molar-refractivity contribution < 1.29 is 14.3 Å². The lowest BCUT2D eigenvalue weighted by molar-refractivity contribution is -0.116. The molecule has 1 fully saturated rings. The first-order chi connectivity index (χ1) is 11.7. The van der Waals surface area contributed by atoms with Crippen molar-refractivity contribution in [3.8, 4) is 0 Å². The number of anilines is 1. The second-order valence-electron chi connectivity index (χ2n) is 5.94. The maximum Gasteiger partial charge on any atom is 0.291 e. The van der Waals surface area contributed by atoms with E-state index in [4.69, 9.17) is 4.74 Å². The van der Waals surface area contributed by atoms with Crippen LogP contribution in [0, 0.1) is 0 Å². The Bertz CT molecular complexity index is 620. The van der Waals surface area contributed by atoms with Crippen LogP contribution < -0.4 is 5.32 Å². The van der Waals surface area contributed by atoms with E-state index in [1.165, 1.54) is 12.8 Å². The van der Waals surface area contributed by atoms with Crippen LogP contribution >= 0.6 is 11.8 Å². The summed E-state index contributed by atoms with van der Waals surface area (Å²) in [5, 5.41) is 4.53. The van der Waals surface area contributed by atoms with E-state index in [0.29, 0.717) is 23.6 Å². The van der Waals surface area contributed by atoms with E-state index in [2.05, 4.69) is 5.32 Å². The van der Waals surface area contributed by atoms with Crippen molar-refractivity contribution in [2.24, 2.45) is 0 Å². The third-order valence-corrected chi connectivity index (χ3v) is 4.94. The van der Waals surface area contributed by atoms with E-state index >= 15 is 0 Å². The lowest BCUT2D eigenvalue weighted by Gasteiger charge is -2.20. The fourth-order valence-electron chi connectivity index (χ4n) is 2.83. The average molecular weight is 346 g/mol. The van der Waals surface area contributed by atoms with Crippen molar-refractivity contribution in [1.29, 1.82) is 0 Å². The van der Waals surface area contributed by atoms with E-state index in [0.717, 1.165) is 31.7 Å². The van der Waals surface area contributed by atoms with Crippen LogP contribution in [0.1, 0.15) is 36.0 Å². The van der Waals surface area contributed by atoms with Crippen LogP contribution in [0.5, 0.6) is 0 Å². The zero-order valence-electron chi connectivity index (χ0n) is 13.6. The SMILES string of the molecule is O=C(Nc1ccc(C(=O)N2CCCCCC2)cc1)C1=CSCCO1. The van der Waals surface area contributed by atoms with Gasteiger partial charge in [-0.05, 0) is 37.1 Å². The normalized spacial score (nSPS) is 18.2. The molecule has 0 radical (unpaired) electrons. The molecule has 1 aromatic carbocycles. The van der Waals surface area contributed by atoms with E-state index in [9.17, 15) is 9.59 Å². The van der Waals surface area contributed by atoms with Crippen LogP contribution in [-0.2, 0) is 9.53 Å². The van der Waals surface area contributed by atoms with E-state index in [1.807, 2.05) is 4.90 Å². The minimum atomic E-state index is -0.256. The molecule has 1 saturated heterocycles. The summed E-state index contributed by atoms with van der Waals surface area (Å²) >= 11 is 1.57. The fourth-order valence-corrected chi connectivity index (χ4v) is 3.46. The van der Waals surface area contributed by atoms with Gasteiger partial charge in [0.05, 0.1) is 6.61 Å². The number of nitrogens with one attached hydrogen (secondary N) is 1. The molecule has 1 N–H and O–H groups in total. The predicted molar refractivity (Wildman–Crippen MR) is 95.9 cm³/mol. The molecule has 3 rings (SSSR count). The summed E-state index contributed by atoms with van der Waals surface area (Å²) in [6.45, 7) is 2.22. The number of amides is 2. The summed E-state index contributed by atoms with van der Waals surface area (Å²) in [5.74, 6) is 1.03. The van der Waals surface area contributed by atoms with Crippen LogP contribution in [0.2, 0.25) is 0 Å². The second kappa shape index (κ2) is 8.24. The van der Waals surface area contributed by atoms with Crippen LogP contribution in [0.3, 0.4) is 0 Å². The zero-order valence-corrected chi connectivity index (χ0v) is 14.4. The van der Waals surface area contributed by atoms with Crippen LogP contribution in [0.25, 0.3) is 0 Å². The van der Waals surface area contributed by atoms with Gasteiger partial charge in [0.15, 0.2) is 5.76 Å². The molecule has 128 valence electrons. The smallest absolute Gasteiger partial charge is 0.291 e. The lowest BCUT2D eigenvalue weighted by Crippen LogP contribution is -2.31. The van der Waals surface area contributed by atoms with Crippen molar-refractivity contribution in [2.75, 3.05) is 30.8 Å². The van der Waals surface area contributed by atoms with Gasteiger partial charge in [-0.1, -0.05) is 12.8 Å².